The number of aromatic hydroxyl groups is 2. The molecule has 218 valence electrons. The lowest BCUT2D eigenvalue weighted by molar-refractivity contribution is -0.384. The van der Waals surface area contributed by atoms with Crippen molar-refractivity contribution >= 4 is 23.5 Å². The second kappa shape index (κ2) is 10.6. The molecule has 14 nitrogen and oxygen atoms in total. The maximum atomic E-state index is 12.4. The van der Waals surface area contributed by atoms with E-state index in [1.54, 1.807) is 0 Å². The van der Waals surface area contributed by atoms with Crippen molar-refractivity contribution in [2.45, 2.75) is 0 Å². The Bertz CT molecular complexity index is 2000. The van der Waals surface area contributed by atoms with Crippen LogP contribution in [0.4, 0.5) is 11.4 Å². The zero-order valence-corrected chi connectivity index (χ0v) is 22.0. The van der Waals surface area contributed by atoms with Crippen LogP contribution in [0.15, 0.2) is 103 Å². The molecule has 2 aliphatic heterocycles. The van der Waals surface area contributed by atoms with Crippen LogP contribution in [-0.2, 0) is 0 Å². The summed E-state index contributed by atoms with van der Waals surface area (Å²) in [5.41, 5.74) is -2.13. The van der Waals surface area contributed by atoms with E-state index in [1.807, 2.05) is 0 Å². The number of benzene rings is 2. The highest BCUT2D eigenvalue weighted by atomic mass is 16.6. The van der Waals surface area contributed by atoms with Gasteiger partial charge in [0.05, 0.1) is 44.2 Å². The predicted molar refractivity (Wildman–Crippen MR) is 153 cm³/mol. The van der Waals surface area contributed by atoms with E-state index in [0.29, 0.717) is 0 Å². The summed E-state index contributed by atoms with van der Waals surface area (Å²) in [6.45, 7) is 0. The normalized spacial score (nSPS) is 14.9. The molecule has 4 heterocycles. The van der Waals surface area contributed by atoms with Crippen LogP contribution in [0.3, 0.4) is 0 Å². The highest BCUT2D eigenvalue weighted by Crippen LogP contribution is 2.43. The number of rotatable bonds is 5. The van der Waals surface area contributed by atoms with Crippen molar-refractivity contribution in [1.29, 1.82) is 0 Å². The van der Waals surface area contributed by atoms with Crippen LogP contribution in [-0.4, -0.2) is 20.1 Å². The minimum Gasteiger partial charge on any atom is -0.508 e. The summed E-state index contributed by atoms with van der Waals surface area (Å²) in [5.74, 6) is -0.337. The number of allylic oxidation sites excluding steroid dienone is 4. The number of hydrogen-bond donors (Lipinski definition) is 2. The Morgan fingerprint density at radius 3 is 1.41 bits per heavy atom. The Kier molecular flexibility index (Phi) is 6.62. The van der Waals surface area contributed by atoms with Gasteiger partial charge in [0.2, 0.25) is 0 Å². The van der Waals surface area contributed by atoms with Crippen molar-refractivity contribution in [3.63, 3.8) is 0 Å². The number of nitro groups is 2. The first-order valence-corrected chi connectivity index (χ1v) is 12.5. The van der Waals surface area contributed by atoms with Gasteiger partial charge < -0.3 is 28.5 Å². The Morgan fingerprint density at radius 1 is 0.614 bits per heavy atom. The van der Waals surface area contributed by atoms with Crippen molar-refractivity contribution in [1.82, 2.24) is 0 Å². The number of phenols is 2. The fourth-order valence-electron chi connectivity index (χ4n) is 4.59. The fraction of sp³-hybridized carbons (Fsp3) is 0. The zero-order valence-electron chi connectivity index (χ0n) is 22.0. The molecule has 0 saturated heterocycles. The summed E-state index contributed by atoms with van der Waals surface area (Å²) in [7, 11) is 0. The summed E-state index contributed by atoms with van der Waals surface area (Å²) >= 11 is 0. The van der Waals surface area contributed by atoms with Crippen LogP contribution in [0, 0.1) is 20.2 Å². The van der Waals surface area contributed by atoms with Crippen molar-refractivity contribution in [2.24, 2.45) is 0 Å². The maximum absolute atomic E-state index is 12.4. The Labute approximate surface area is 244 Å². The SMILES string of the molecule is O=c1occ(-c2ccc(O)cc2[N+](=O)[O-])c2c1C=CC(=CC=C1C=Cc3c(c(-c4ccc(O)cc4[N+](=O)[O-])coc3=O)O1)O2. The molecule has 14 heteroatoms. The van der Waals surface area contributed by atoms with Crippen LogP contribution >= 0.6 is 0 Å². The second-order valence-electron chi connectivity index (χ2n) is 9.29. The number of hydrogen-bond acceptors (Lipinski definition) is 12. The van der Waals surface area contributed by atoms with Crippen LogP contribution < -0.4 is 20.7 Å². The van der Waals surface area contributed by atoms with Gasteiger partial charge in [-0.15, -0.1) is 0 Å². The van der Waals surface area contributed by atoms with E-state index in [0.717, 1.165) is 24.7 Å². The molecule has 0 saturated carbocycles. The largest absolute Gasteiger partial charge is 0.508 e. The lowest BCUT2D eigenvalue weighted by atomic mass is 10.0. The Balaban J connectivity index is 1.37. The van der Waals surface area contributed by atoms with E-state index in [2.05, 4.69) is 0 Å². The summed E-state index contributed by atoms with van der Waals surface area (Å²) in [6.07, 6.45) is 10.7. The van der Waals surface area contributed by atoms with Gasteiger partial charge in [-0.3, -0.25) is 20.2 Å². The zero-order chi connectivity index (χ0) is 31.1. The Hall–Kier alpha value is -6.70. The molecular weight excluding hydrogens is 580 g/mol. The first-order chi connectivity index (χ1) is 21.1. The summed E-state index contributed by atoms with van der Waals surface area (Å²) in [4.78, 5) is 46.7. The van der Waals surface area contributed by atoms with Gasteiger partial charge in [0.25, 0.3) is 11.4 Å². The van der Waals surface area contributed by atoms with Gasteiger partial charge in [-0.1, -0.05) is 0 Å². The molecule has 0 radical (unpaired) electrons. The van der Waals surface area contributed by atoms with Gasteiger partial charge in [-0.2, -0.15) is 0 Å². The topological polar surface area (TPSA) is 206 Å². The molecule has 2 aliphatic rings. The molecule has 0 spiro atoms. The molecule has 6 rings (SSSR count). The van der Waals surface area contributed by atoms with Gasteiger partial charge in [0.1, 0.15) is 46.7 Å². The summed E-state index contributed by atoms with van der Waals surface area (Å²) in [6, 6.07) is 6.98. The van der Waals surface area contributed by atoms with Gasteiger partial charge >= 0.3 is 11.3 Å². The molecule has 0 aliphatic carbocycles. The van der Waals surface area contributed by atoms with E-state index >= 15 is 0 Å². The van der Waals surface area contributed by atoms with Crippen LogP contribution in [0.5, 0.6) is 23.0 Å². The van der Waals surface area contributed by atoms with Crippen LogP contribution in [0.2, 0.25) is 0 Å². The second-order valence-corrected chi connectivity index (χ2v) is 9.29. The molecule has 44 heavy (non-hydrogen) atoms. The molecule has 0 fully saturated rings. The average molecular weight is 596 g/mol. The molecule has 2 aromatic heterocycles. The number of ether oxygens (including phenoxy) is 2. The predicted octanol–water partition coefficient (Wildman–Crippen LogP) is 5.43. The minimum atomic E-state index is -0.747. The quantitative estimate of drug-likeness (QED) is 0.218. The molecular formula is C30H16N2O12. The Morgan fingerprint density at radius 2 is 1.02 bits per heavy atom. The van der Waals surface area contributed by atoms with E-state index in [4.69, 9.17) is 18.3 Å². The average Bonchev–Trinajstić information content (AvgIpc) is 3.00. The van der Waals surface area contributed by atoms with Gasteiger partial charge in [-0.25, -0.2) is 9.59 Å². The van der Waals surface area contributed by atoms with E-state index < -0.39 is 32.5 Å². The van der Waals surface area contributed by atoms with Crippen molar-refractivity contribution in [3.05, 3.63) is 137 Å². The molecule has 0 atom stereocenters. The lowest BCUT2D eigenvalue weighted by Gasteiger charge is -2.18. The van der Waals surface area contributed by atoms with Gasteiger partial charge in [-0.05, 0) is 60.7 Å². The number of phenolic OH excluding ortho intramolecular Hbond substituents is 2. The highest BCUT2D eigenvalue weighted by molar-refractivity contribution is 5.84. The third-order valence-corrected chi connectivity index (χ3v) is 6.60. The van der Waals surface area contributed by atoms with Crippen molar-refractivity contribution < 1.29 is 38.4 Å². The molecule has 2 N–H and O–H groups in total. The molecule has 0 unspecified atom stereocenters. The first kappa shape index (κ1) is 27.5. The van der Waals surface area contributed by atoms with Gasteiger partial charge in [0.15, 0.2) is 11.5 Å². The minimum absolute atomic E-state index is 0.00396. The number of nitro benzene ring substituents is 2. The standard InChI is InChI=1S/C30H16N2O12/c33-15-1-7-19(25(11-15)31(37)38)23-13-41-29(35)21-9-5-17(43-27(21)23)3-4-18-6-10-22-28(44-18)24(14-42-30(22)36)20-8-2-16(34)12-26(20)32(39)40/h1-14,33-34H. The molecule has 0 bridgehead atoms. The van der Waals surface area contributed by atoms with Crippen LogP contribution in [0.1, 0.15) is 11.1 Å². The third-order valence-electron chi connectivity index (χ3n) is 6.60. The number of nitrogens with zero attached hydrogens (tertiary/aromatic N) is 2. The maximum Gasteiger partial charge on any atom is 0.346 e. The molecule has 4 aromatic rings. The number of fused-ring (bicyclic) bond motifs is 2. The third kappa shape index (κ3) is 4.87. The van der Waals surface area contributed by atoms with Crippen molar-refractivity contribution in [2.75, 3.05) is 0 Å². The monoisotopic (exact) mass is 596 g/mol. The lowest BCUT2D eigenvalue weighted by Crippen LogP contribution is -2.12. The fourth-order valence-corrected chi connectivity index (χ4v) is 4.59. The first-order valence-electron chi connectivity index (χ1n) is 12.5. The molecule has 2 aromatic carbocycles. The van der Waals surface area contributed by atoms with E-state index in [-0.39, 0.29) is 67.9 Å². The van der Waals surface area contributed by atoms with Crippen molar-refractivity contribution in [3.8, 4) is 45.3 Å². The van der Waals surface area contributed by atoms with E-state index in [1.165, 1.54) is 60.7 Å². The van der Waals surface area contributed by atoms with Gasteiger partial charge in [0, 0.05) is 0 Å². The summed E-state index contributed by atoms with van der Waals surface area (Å²) in [5, 5.41) is 42.8. The highest BCUT2D eigenvalue weighted by Gasteiger charge is 2.27. The van der Waals surface area contributed by atoms with E-state index in [9.17, 15) is 40.0 Å². The summed E-state index contributed by atoms with van der Waals surface area (Å²) < 4.78 is 22.0. The van der Waals surface area contributed by atoms with Crippen LogP contribution in [0.25, 0.3) is 34.4 Å². The molecule has 0 amide bonds. The smallest absolute Gasteiger partial charge is 0.346 e.